The van der Waals surface area contributed by atoms with E-state index in [0.717, 1.165) is 19.3 Å². The van der Waals surface area contributed by atoms with Crippen molar-refractivity contribution in [1.29, 1.82) is 0 Å². The van der Waals surface area contributed by atoms with Crippen LogP contribution in [0, 0.1) is 0 Å². The molecule has 26 N–H and O–H groups in total. The first-order chi connectivity index (χ1) is 24.6. The molecule has 0 aliphatic heterocycles. The molecule has 0 saturated carbocycles. The van der Waals surface area contributed by atoms with Gasteiger partial charge < -0.3 is 133 Å². The van der Waals surface area contributed by atoms with E-state index in [2.05, 4.69) is 6.92 Å². The zero-order chi connectivity index (χ0) is 49.3. The third kappa shape index (κ3) is 5970. The van der Waals surface area contributed by atoms with E-state index in [1.54, 1.807) is 0 Å². The molecule has 0 rings (SSSR count). The van der Waals surface area contributed by atoms with Gasteiger partial charge in [0.25, 0.3) is 0 Å². The molecule has 0 heterocycles. The second kappa shape index (κ2) is 80.7. The van der Waals surface area contributed by atoms with E-state index in [1.165, 1.54) is 0 Å². The van der Waals surface area contributed by atoms with Gasteiger partial charge in [0.2, 0.25) is 0 Å². The normalized spacial score (nSPS) is 6.64. The lowest BCUT2D eigenvalue weighted by Gasteiger charge is -1.99. The molecule has 0 aromatic carbocycles. The highest BCUT2D eigenvalue weighted by Gasteiger charge is 1.93. The summed E-state index contributed by atoms with van der Waals surface area (Å²) < 4.78 is 0. The summed E-state index contributed by atoms with van der Waals surface area (Å²) in [6, 6.07) is 0. The van der Waals surface area contributed by atoms with Gasteiger partial charge in [0.15, 0.2) is 6.29 Å². The minimum absolute atomic E-state index is 0.522. The highest BCUT2D eigenvalue weighted by atomic mass is 16.6. The van der Waals surface area contributed by atoms with Gasteiger partial charge in [-0.15, -0.1) is 0 Å². The summed E-state index contributed by atoms with van der Waals surface area (Å²) in [5, 5.41) is 184. The molecule has 38 heteroatoms. The largest absolute Gasteiger partial charge is 0.503 e. The molecule has 0 atom stereocenters. The van der Waals surface area contributed by atoms with E-state index in [4.69, 9.17) is 190 Å². The molecular weight excluding hydrogens is 824 g/mol. The number of aliphatic hydroxyl groups excluding tert-OH is 1. The van der Waals surface area contributed by atoms with Gasteiger partial charge in [-0.3, -0.25) is 0 Å². The average Bonchev–Trinajstić information content (AvgIpc) is 2.80. The topological polar surface area (TPSA) is 731 Å². The van der Waals surface area contributed by atoms with Crippen molar-refractivity contribution < 1.29 is 190 Å². The molecule has 0 spiro atoms. The Kier molecular flexibility index (Phi) is 124. The number of unbranched alkanes of at least 4 members (excludes halogenated alkanes) is 2. The lowest BCUT2D eigenvalue weighted by molar-refractivity contribution is -0.0466. The van der Waals surface area contributed by atoms with Crippen LogP contribution in [0.2, 0.25) is 0 Å². The summed E-state index contributed by atoms with van der Waals surface area (Å²) >= 11 is 0. The van der Waals surface area contributed by atoms with Crippen LogP contribution in [-0.4, -0.2) is 213 Å². The van der Waals surface area contributed by atoms with Crippen molar-refractivity contribution >= 4 is 73.9 Å². The SMILES string of the molecule is CCCCCC(O)O.O=C(O)O.O=C(O)O.O=C(O)O.O=C(O)O.O=C(O)O.O=C(O)O.O=C(O)O.O=C(O)O.O=C(O)O.O=C(O)O.O=C(O)O.O=C(O)O. The van der Waals surface area contributed by atoms with Crippen molar-refractivity contribution in [2.75, 3.05) is 0 Å². The summed E-state index contributed by atoms with van der Waals surface area (Å²) in [7, 11) is 0. The maximum atomic E-state index is 8.56. The molecule has 0 unspecified atom stereocenters. The van der Waals surface area contributed by atoms with Crippen molar-refractivity contribution in [3.05, 3.63) is 0 Å². The lowest BCUT2D eigenvalue weighted by atomic mass is 10.2. The highest BCUT2D eigenvalue weighted by molar-refractivity contribution is 5.55. The third-order valence-corrected chi connectivity index (χ3v) is 1.07. The molecule has 0 radical (unpaired) electrons. The van der Waals surface area contributed by atoms with E-state index >= 15 is 0 Å². The second-order valence-corrected chi connectivity index (χ2v) is 5.37. The molecule has 0 amide bonds. The Hall–Kier alpha value is -8.84. The predicted octanol–water partition coefficient (Wildman–Crippen LogP) is 3.55. The van der Waals surface area contributed by atoms with Crippen LogP contribution in [0.4, 0.5) is 57.5 Å². The first-order valence-corrected chi connectivity index (χ1v) is 10.9. The molecular formula is C18H38O38. The molecule has 0 aromatic heterocycles. The molecule has 0 saturated heterocycles. The van der Waals surface area contributed by atoms with E-state index < -0.39 is 80.2 Å². The van der Waals surface area contributed by atoms with Gasteiger partial charge >= 0.3 is 73.9 Å². The van der Waals surface area contributed by atoms with Gasteiger partial charge in [-0.25, -0.2) is 57.5 Å². The average molecular weight is 862 g/mol. The van der Waals surface area contributed by atoms with Crippen LogP contribution in [-0.2, 0) is 0 Å². The molecule has 0 aromatic rings. The van der Waals surface area contributed by atoms with Crippen molar-refractivity contribution in [2.45, 2.75) is 38.9 Å². The van der Waals surface area contributed by atoms with Crippen LogP contribution >= 0.6 is 0 Å². The van der Waals surface area contributed by atoms with Crippen LogP contribution in [0.1, 0.15) is 32.6 Å². The Morgan fingerprint density at radius 2 is 0.357 bits per heavy atom. The summed E-state index contributed by atoms with van der Waals surface area (Å²) in [6.45, 7) is 2.09. The number of hydrogen-bond donors (Lipinski definition) is 26. The molecule has 38 nitrogen and oxygen atoms in total. The van der Waals surface area contributed by atoms with E-state index in [9.17, 15) is 0 Å². The van der Waals surface area contributed by atoms with Crippen molar-refractivity contribution in [2.24, 2.45) is 0 Å². The maximum Gasteiger partial charge on any atom is 0.503 e. The van der Waals surface area contributed by atoms with Crippen LogP contribution < -0.4 is 0 Å². The molecule has 0 aliphatic rings. The van der Waals surface area contributed by atoms with Gasteiger partial charge in [0, 0.05) is 0 Å². The van der Waals surface area contributed by atoms with Gasteiger partial charge in [0.05, 0.1) is 0 Å². The summed E-state index contributed by atoms with van der Waals surface area (Å²) in [4.78, 5) is 103. The van der Waals surface area contributed by atoms with Crippen LogP contribution in [0.15, 0.2) is 0 Å². The molecule has 0 fully saturated rings. The van der Waals surface area contributed by atoms with E-state index in [0.29, 0.717) is 6.42 Å². The van der Waals surface area contributed by atoms with Crippen LogP contribution in [0.25, 0.3) is 0 Å². The van der Waals surface area contributed by atoms with Gasteiger partial charge in [0.1, 0.15) is 0 Å². The third-order valence-electron chi connectivity index (χ3n) is 1.07. The van der Waals surface area contributed by atoms with Crippen LogP contribution in [0.3, 0.4) is 0 Å². The minimum Gasteiger partial charge on any atom is -0.450 e. The standard InChI is InChI=1S/C6H14O2.12CH2O3/c1-2-3-4-5-6(7)8;12*2-1(3)4/h6-8H,2-5H2,1H3;12*(H2,2,3,4). The number of rotatable bonds is 4. The Bertz CT molecular complexity index is 691. The van der Waals surface area contributed by atoms with Gasteiger partial charge in [-0.05, 0) is 12.8 Å². The van der Waals surface area contributed by atoms with E-state index in [1.807, 2.05) is 0 Å². The minimum atomic E-state index is -1.83. The highest BCUT2D eigenvalue weighted by Crippen LogP contribution is 1.99. The summed E-state index contributed by atoms with van der Waals surface area (Å²) in [5.41, 5.74) is 0. The van der Waals surface area contributed by atoms with Crippen molar-refractivity contribution in [3.63, 3.8) is 0 Å². The van der Waals surface area contributed by atoms with E-state index in [-0.39, 0.29) is 0 Å². The van der Waals surface area contributed by atoms with Gasteiger partial charge in [-0.1, -0.05) is 19.8 Å². The number of aliphatic hydroxyl groups is 2. The Labute approximate surface area is 304 Å². The number of carboxylic acid groups (broad SMARTS) is 24. The monoisotopic (exact) mass is 862 g/mol. The Balaban J connectivity index is -0.0000000328. The first kappa shape index (κ1) is 86.1. The maximum absolute atomic E-state index is 8.56. The molecule has 0 bridgehead atoms. The number of carbonyl (C=O) groups is 12. The zero-order valence-corrected chi connectivity index (χ0v) is 26.9. The Morgan fingerprint density at radius 1 is 0.268 bits per heavy atom. The van der Waals surface area contributed by atoms with Crippen LogP contribution in [0.5, 0.6) is 0 Å². The summed E-state index contributed by atoms with van der Waals surface area (Å²) in [5.74, 6) is 0. The molecule has 56 heavy (non-hydrogen) atoms. The fourth-order valence-corrected chi connectivity index (χ4v) is 0.577. The number of hydrogen-bond acceptors (Lipinski definition) is 14. The molecule has 0 aliphatic carbocycles. The quantitative estimate of drug-likeness (QED) is 0.142. The summed E-state index contributed by atoms with van der Waals surface area (Å²) in [6.07, 6.45) is -19.4. The second-order valence-electron chi connectivity index (χ2n) is 5.37. The zero-order valence-electron chi connectivity index (χ0n) is 26.9. The predicted molar refractivity (Wildman–Crippen MR) is 160 cm³/mol. The van der Waals surface area contributed by atoms with Crippen molar-refractivity contribution in [3.8, 4) is 0 Å². The first-order valence-electron chi connectivity index (χ1n) is 10.9. The van der Waals surface area contributed by atoms with Gasteiger partial charge in [-0.2, -0.15) is 0 Å². The fraction of sp³-hybridized carbons (Fsp3) is 0.333. The lowest BCUT2D eigenvalue weighted by Crippen LogP contribution is -2.02. The van der Waals surface area contributed by atoms with Crippen molar-refractivity contribution in [1.82, 2.24) is 0 Å². The molecule has 338 valence electrons. The fourth-order valence-electron chi connectivity index (χ4n) is 0.577. The smallest absolute Gasteiger partial charge is 0.450 e. The Morgan fingerprint density at radius 3 is 0.411 bits per heavy atom.